The fraction of sp³-hybridized carbons (Fsp3) is 0.355. The van der Waals surface area contributed by atoms with Crippen LogP contribution in [0.4, 0.5) is 0 Å². The van der Waals surface area contributed by atoms with Crippen LogP contribution in [0.1, 0.15) is 44.4 Å². The molecular formula is C31H38N2O4. The molecule has 6 nitrogen and oxygen atoms in total. The number of rotatable bonds is 11. The molecular weight excluding hydrogens is 464 g/mol. The molecule has 3 aromatic carbocycles. The molecule has 0 spiro atoms. The first kappa shape index (κ1) is 27.8. The fourth-order valence-corrected chi connectivity index (χ4v) is 4.09. The van der Waals surface area contributed by atoms with Gasteiger partial charge < -0.3 is 19.7 Å². The van der Waals surface area contributed by atoms with Crippen molar-refractivity contribution >= 4 is 11.8 Å². The van der Waals surface area contributed by atoms with Crippen LogP contribution in [-0.2, 0) is 28.0 Å². The number of benzene rings is 3. The first-order valence-electron chi connectivity index (χ1n) is 12.7. The van der Waals surface area contributed by atoms with E-state index in [0.29, 0.717) is 24.5 Å². The fourth-order valence-electron chi connectivity index (χ4n) is 4.09. The summed E-state index contributed by atoms with van der Waals surface area (Å²) >= 11 is 0. The van der Waals surface area contributed by atoms with Gasteiger partial charge in [0.25, 0.3) is 5.91 Å². The monoisotopic (exact) mass is 502 g/mol. The molecule has 0 bridgehead atoms. The summed E-state index contributed by atoms with van der Waals surface area (Å²) in [4.78, 5) is 28.5. The molecule has 0 radical (unpaired) electrons. The van der Waals surface area contributed by atoms with E-state index in [1.165, 1.54) is 5.56 Å². The molecule has 2 amide bonds. The minimum Gasteiger partial charge on any atom is -0.497 e. The van der Waals surface area contributed by atoms with Gasteiger partial charge in [0.2, 0.25) is 5.91 Å². The number of likely N-dealkylation sites (N-methyl/N-ethyl adjacent to an activating group) is 1. The maximum Gasteiger partial charge on any atom is 0.261 e. The van der Waals surface area contributed by atoms with Gasteiger partial charge >= 0.3 is 0 Å². The standard InChI is InChI=1S/C31H38N2O4/c1-6-32-30(35)28(20-23-11-8-7-9-12-23)33(21-24-13-10-14-27(19-24)36-5)29(34)22-37-26-17-15-25(16-18-26)31(2,3)4/h7-19,28H,6,20-22H2,1-5H3,(H,32,35)/t28-/m1/s1. The van der Waals surface area contributed by atoms with Crippen LogP contribution in [0.5, 0.6) is 11.5 Å². The molecule has 0 aliphatic heterocycles. The third kappa shape index (κ3) is 8.10. The van der Waals surface area contributed by atoms with Crippen LogP contribution in [0, 0.1) is 0 Å². The quantitative estimate of drug-likeness (QED) is 0.394. The summed E-state index contributed by atoms with van der Waals surface area (Å²) in [7, 11) is 1.60. The van der Waals surface area contributed by atoms with Crippen LogP contribution >= 0.6 is 0 Å². The van der Waals surface area contributed by atoms with E-state index < -0.39 is 6.04 Å². The van der Waals surface area contributed by atoms with Gasteiger partial charge in [-0.25, -0.2) is 0 Å². The van der Waals surface area contributed by atoms with Crippen molar-refractivity contribution in [1.29, 1.82) is 0 Å². The molecule has 0 fully saturated rings. The predicted octanol–water partition coefficient (Wildman–Crippen LogP) is 5.15. The first-order valence-corrected chi connectivity index (χ1v) is 12.7. The van der Waals surface area contributed by atoms with E-state index in [9.17, 15) is 9.59 Å². The third-order valence-electron chi connectivity index (χ3n) is 6.19. The van der Waals surface area contributed by atoms with Gasteiger partial charge in [0.15, 0.2) is 6.61 Å². The van der Waals surface area contributed by atoms with Crippen LogP contribution in [0.2, 0.25) is 0 Å². The summed E-state index contributed by atoms with van der Waals surface area (Å²) < 4.78 is 11.3. The Labute approximate surface area is 220 Å². The molecule has 3 aromatic rings. The molecule has 37 heavy (non-hydrogen) atoms. The smallest absolute Gasteiger partial charge is 0.261 e. The molecule has 6 heteroatoms. The summed E-state index contributed by atoms with van der Waals surface area (Å²) in [5.41, 5.74) is 3.05. The van der Waals surface area contributed by atoms with Crippen LogP contribution < -0.4 is 14.8 Å². The van der Waals surface area contributed by atoms with Crippen molar-refractivity contribution in [2.75, 3.05) is 20.3 Å². The minimum atomic E-state index is -0.701. The Morgan fingerprint density at radius 2 is 1.57 bits per heavy atom. The summed E-state index contributed by atoms with van der Waals surface area (Å²) in [6.45, 7) is 8.86. The average molecular weight is 503 g/mol. The largest absolute Gasteiger partial charge is 0.497 e. The Bertz CT molecular complexity index is 1150. The summed E-state index contributed by atoms with van der Waals surface area (Å²) in [5.74, 6) is 0.838. The van der Waals surface area contributed by atoms with Gasteiger partial charge in [-0.05, 0) is 53.3 Å². The normalized spacial score (nSPS) is 11.9. The zero-order chi connectivity index (χ0) is 26.8. The molecule has 0 aliphatic carbocycles. The van der Waals surface area contributed by atoms with E-state index in [1.54, 1.807) is 12.0 Å². The number of nitrogens with zero attached hydrogens (tertiary/aromatic N) is 1. The number of nitrogens with one attached hydrogen (secondary N) is 1. The van der Waals surface area contributed by atoms with Crippen LogP contribution in [0.25, 0.3) is 0 Å². The lowest BCUT2D eigenvalue weighted by Gasteiger charge is -2.31. The number of amides is 2. The van der Waals surface area contributed by atoms with Gasteiger partial charge in [-0.3, -0.25) is 9.59 Å². The highest BCUT2D eigenvalue weighted by molar-refractivity contribution is 5.88. The highest BCUT2D eigenvalue weighted by Gasteiger charge is 2.30. The summed E-state index contributed by atoms with van der Waals surface area (Å²) in [6, 6.07) is 24.4. The molecule has 0 aromatic heterocycles. The van der Waals surface area contributed by atoms with Crippen molar-refractivity contribution in [1.82, 2.24) is 10.2 Å². The summed E-state index contributed by atoms with van der Waals surface area (Å²) in [5, 5.41) is 2.91. The first-order chi connectivity index (χ1) is 17.7. The van der Waals surface area contributed by atoms with Gasteiger partial charge in [-0.2, -0.15) is 0 Å². The van der Waals surface area contributed by atoms with Gasteiger partial charge in [-0.15, -0.1) is 0 Å². The van der Waals surface area contributed by atoms with Crippen LogP contribution in [0.15, 0.2) is 78.9 Å². The van der Waals surface area contributed by atoms with E-state index in [-0.39, 0.29) is 30.4 Å². The minimum absolute atomic E-state index is 0.0270. The lowest BCUT2D eigenvalue weighted by molar-refractivity contribution is -0.142. The SMILES string of the molecule is CCNC(=O)[C@@H](Cc1ccccc1)N(Cc1cccc(OC)c1)C(=O)COc1ccc(C(C)(C)C)cc1. The van der Waals surface area contributed by atoms with E-state index in [2.05, 4.69) is 26.1 Å². The van der Waals surface area contributed by atoms with Crippen molar-refractivity contribution in [2.45, 2.75) is 52.1 Å². The van der Waals surface area contributed by atoms with Gasteiger partial charge in [-0.1, -0.05) is 75.4 Å². The number of ether oxygens (including phenoxy) is 2. The third-order valence-corrected chi connectivity index (χ3v) is 6.19. The highest BCUT2D eigenvalue weighted by atomic mass is 16.5. The maximum atomic E-state index is 13.6. The Balaban J connectivity index is 1.87. The molecule has 0 unspecified atom stereocenters. The van der Waals surface area contributed by atoms with Crippen molar-refractivity contribution < 1.29 is 19.1 Å². The zero-order valence-electron chi connectivity index (χ0n) is 22.5. The van der Waals surface area contributed by atoms with Gasteiger partial charge in [0, 0.05) is 19.5 Å². The molecule has 0 aliphatic rings. The van der Waals surface area contributed by atoms with Crippen molar-refractivity contribution in [3.8, 4) is 11.5 Å². The van der Waals surface area contributed by atoms with E-state index >= 15 is 0 Å². The Kier molecular flexibility index (Phi) is 9.72. The second-order valence-corrected chi connectivity index (χ2v) is 10.0. The van der Waals surface area contributed by atoms with Crippen LogP contribution in [-0.4, -0.2) is 43.0 Å². The lowest BCUT2D eigenvalue weighted by atomic mass is 9.87. The average Bonchev–Trinajstić information content (AvgIpc) is 2.90. The molecule has 3 rings (SSSR count). The lowest BCUT2D eigenvalue weighted by Crippen LogP contribution is -2.51. The molecule has 0 saturated heterocycles. The Morgan fingerprint density at radius 1 is 0.892 bits per heavy atom. The number of hydrogen-bond acceptors (Lipinski definition) is 4. The predicted molar refractivity (Wildman–Crippen MR) is 147 cm³/mol. The van der Waals surface area contributed by atoms with E-state index in [0.717, 1.165) is 11.1 Å². The highest BCUT2D eigenvalue weighted by Crippen LogP contribution is 2.24. The molecule has 0 saturated carbocycles. The Morgan fingerprint density at radius 3 is 2.19 bits per heavy atom. The van der Waals surface area contributed by atoms with Gasteiger partial charge in [0.05, 0.1) is 7.11 Å². The second-order valence-electron chi connectivity index (χ2n) is 10.0. The molecule has 1 N–H and O–H groups in total. The molecule has 196 valence electrons. The number of hydrogen-bond donors (Lipinski definition) is 1. The second kappa shape index (κ2) is 12.9. The number of carbonyl (C=O) groups is 2. The van der Waals surface area contributed by atoms with Crippen molar-refractivity contribution in [2.24, 2.45) is 0 Å². The van der Waals surface area contributed by atoms with Crippen molar-refractivity contribution in [3.63, 3.8) is 0 Å². The summed E-state index contributed by atoms with van der Waals surface area (Å²) in [6.07, 6.45) is 0.392. The zero-order valence-corrected chi connectivity index (χ0v) is 22.5. The van der Waals surface area contributed by atoms with E-state index in [1.807, 2.05) is 85.8 Å². The molecule has 1 atom stereocenters. The van der Waals surface area contributed by atoms with Crippen LogP contribution in [0.3, 0.4) is 0 Å². The Hall–Kier alpha value is -3.80. The van der Waals surface area contributed by atoms with Gasteiger partial charge in [0.1, 0.15) is 17.5 Å². The number of carbonyl (C=O) groups excluding carboxylic acids is 2. The maximum absolute atomic E-state index is 13.6. The topological polar surface area (TPSA) is 67.9 Å². The van der Waals surface area contributed by atoms with Crippen molar-refractivity contribution in [3.05, 3.63) is 95.6 Å². The molecule has 0 heterocycles. The van der Waals surface area contributed by atoms with E-state index in [4.69, 9.17) is 9.47 Å². The number of methoxy groups -OCH3 is 1.